The highest BCUT2D eigenvalue weighted by Gasteiger charge is 1.98. The van der Waals surface area contributed by atoms with Crippen molar-refractivity contribution in [2.75, 3.05) is 19.7 Å². The average Bonchev–Trinajstić information content (AvgIpc) is 2.77. The Morgan fingerprint density at radius 1 is 0.567 bits per heavy atom. The van der Waals surface area contributed by atoms with E-state index in [9.17, 15) is 0 Å². The van der Waals surface area contributed by atoms with Gasteiger partial charge in [0.1, 0.15) is 5.75 Å². The Labute approximate surface area is 188 Å². The van der Waals surface area contributed by atoms with E-state index in [1.165, 1.54) is 108 Å². The van der Waals surface area contributed by atoms with Crippen LogP contribution in [0.25, 0.3) is 0 Å². The Morgan fingerprint density at radius 3 is 1.63 bits per heavy atom. The summed E-state index contributed by atoms with van der Waals surface area (Å²) in [6.45, 7) is 7.66. The zero-order valence-electron chi connectivity index (χ0n) is 20.4. The van der Waals surface area contributed by atoms with Crippen LogP contribution < -0.4 is 10.1 Å². The molecule has 0 heterocycles. The summed E-state index contributed by atoms with van der Waals surface area (Å²) < 4.78 is 5.90. The lowest BCUT2D eigenvalue weighted by atomic mass is 10.1. The number of hydrogen-bond acceptors (Lipinski definition) is 2. The minimum Gasteiger partial charge on any atom is -0.494 e. The fraction of sp³-hybridized carbons (Fsp3) is 0.786. The topological polar surface area (TPSA) is 21.3 Å². The lowest BCUT2D eigenvalue weighted by molar-refractivity contribution is 0.304. The van der Waals surface area contributed by atoms with Crippen LogP contribution in [0.2, 0.25) is 0 Å². The van der Waals surface area contributed by atoms with Crippen molar-refractivity contribution in [2.45, 2.75) is 123 Å². The molecule has 174 valence electrons. The van der Waals surface area contributed by atoms with Crippen molar-refractivity contribution in [1.29, 1.82) is 0 Å². The SMILES string of the molecule is CCCCCCCCCCNCCc1ccc(OCCCCCCCCCC)cc1. The predicted octanol–water partition coefficient (Wildman–Crippen LogP) is 8.48. The molecule has 1 aromatic carbocycles. The molecule has 0 fully saturated rings. The van der Waals surface area contributed by atoms with Gasteiger partial charge in [0.05, 0.1) is 6.61 Å². The third-order valence-electron chi connectivity index (χ3n) is 5.99. The second-order valence-electron chi connectivity index (χ2n) is 8.94. The fourth-order valence-electron chi connectivity index (χ4n) is 3.92. The van der Waals surface area contributed by atoms with Gasteiger partial charge in [-0.05, 0) is 50.0 Å². The molecule has 2 nitrogen and oxygen atoms in total. The van der Waals surface area contributed by atoms with Gasteiger partial charge in [0.2, 0.25) is 0 Å². The van der Waals surface area contributed by atoms with Crippen molar-refractivity contribution in [3.8, 4) is 5.75 Å². The standard InChI is InChI=1S/C28H51NO/c1-3-5-7-9-11-13-15-17-24-29-25-23-27-19-21-28(22-20-27)30-26-18-16-14-12-10-8-6-4-2/h19-22,29H,3-18,23-26H2,1-2H3. The maximum absolute atomic E-state index is 5.90. The monoisotopic (exact) mass is 417 g/mol. The van der Waals surface area contributed by atoms with Gasteiger partial charge in [0, 0.05) is 0 Å². The molecule has 0 saturated carbocycles. The molecule has 0 radical (unpaired) electrons. The van der Waals surface area contributed by atoms with Crippen LogP contribution in [0.15, 0.2) is 24.3 Å². The lowest BCUT2D eigenvalue weighted by Gasteiger charge is -2.08. The number of ether oxygens (including phenoxy) is 1. The summed E-state index contributed by atoms with van der Waals surface area (Å²) in [6.07, 6.45) is 23.0. The molecule has 0 amide bonds. The Morgan fingerprint density at radius 2 is 1.07 bits per heavy atom. The van der Waals surface area contributed by atoms with Crippen molar-refractivity contribution in [1.82, 2.24) is 5.32 Å². The van der Waals surface area contributed by atoms with Gasteiger partial charge in [0.25, 0.3) is 0 Å². The molecule has 0 aliphatic carbocycles. The minimum atomic E-state index is 0.856. The molecule has 0 aliphatic heterocycles. The maximum atomic E-state index is 5.90. The van der Waals surface area contributed by atoms with Gasteiger partial charge in [0.15, 0.2) is 0 Å². The van der Waals surface area contributed by atoms with E-state index >= 15 is 0 Å². The van der Waals surface area contributed by atoms with E-state index in [0.717, 1.165) is 31.9 Å². The van der Waals surface area contributed by atoms with E-state index in [0.29, 0.717) is 0 Å². The Kier molecular flexibility index (Phi) is 19.1. The van der Waals surface area contributed by atoms with Gasteiger partial charge >= 0.3 is 0 Å². The van der Waals surface area contributed by atoms with Crippen molar-refractivity contribution >= 4 is 0 Å². The van der Waals surface area contributed by atoms with E-state index in [-0.39, 0.29) is 0 Å². The molecule has 0 atom stereocenters. The average molecular weight is 418 g/mol. The summed E-state index contributed by atoms with van der Waals surface area (Å²) in [7, 11) is 0. The third-order valence-corrected chi connectivity index (χ3v) is 5.99. The van der Waals surface area contributed by atoms with Gasteiger partial charge < -0.3 is 10.1 Å². The Balaban J connectivity index is 1.91. The molecule has 1 aromatic rings. The second kappa shape index (κ2) is 21.2. The van der Waals surface area contributed by atoms with Gasteiger partial charge in [-0.2, -0.15) is 0 Å². The van der Waals surface area contributed by atoms with E-state index < -0.39 is 0 Å². The Bertz CT molecular complexity index is 456. The quantitative estimate of drug-likeness (QED) is 0.191. The van der Waals surface area contributed by atoms with Crippen LogP contribution in [0.5, 0.6) is 5.75 Å². The molecule has 0 aliphatic rings. The van der Waals surface area contributed by atoms with Crippen molar-refractivity contribution in [2.24, 2.45) is 0 Å². The first kappa shape index (κ1) is 27.0. The van der Waals surface area contributed by atoms with Crippen molar-refractivity contribution < 1.29 is 4.74 Å². The molecule has 2 heteroatoms. The smallest absolute Gasteiger partial charge is 0.119 e. The third kappa shape index (κ3) is 16.7. The molecular weight excluding hydrogens is 366 g/mol. The van der Waals surface area contributed by atoms with Crippen LogP contribution in [0.1, 0.15) is 122 Å². The van der Waals surface area contributed by atoms with Crippen LogP contribution >= 0.6 is 0 Å². The molecule has 1 rings (SSSR count). The predicted molar refractivity (Wildman–Crippen MR) is 134 cm³/mol. The summed E-state index contributed by atoms with van der Waals surface area (Å²) in [5.74, 6) is 1.02. The van der Waals surface area contributed by atoms with Gasteiger partial charge in [-0.1, -0.05) is 116 Å². The largest absolute Gasteiger partial charge is 0.494 e. The van der Waals surface area contributed by atoms with Crippen LogP contribution in [-0.4, -0.2) is 19.7 Å². The number of nitrogens with one attached hydrogen (secondary N) is 1. The second-order valence-corrected chi connectivity index (χ2v) is 8.94. The minimum absolute atomic E-state index is 0.856. The van der Waals surface area contributed by atoms with E-state index in [2.05, 4.69) is 43.4 Å². The van der Waals surface area contributed by atoms with Crippen LogP contribution in [0, 0.1) is 0 Å². The van der Waals surface area contributed by atoms with Gasteiger partial charge in [-0.15, -0.1) is 0 Å². The summed E-state index contributed by atoms with van der Waals surface area (Å²) in [6, 6.07) is 8.72. The normalized spacial score (nSPS) is 11.1. The highest BCUT2D eigenvalue weighted by atomic mass is 16.5. The molecule has 0 spiro atoms. The number of hydrogen-bond donors (Lipinski definition) is 1. The van der Waals surface area contributed by atoms with Gasteiger partial charge in [-0.25, -0.2) is 0 Å². The summed E-state index contributed by atoms with van der Waals surface area (Å²) in [5.41, 5.74) is 1.40. The van der Waals surface area contributed by atoms with E-state index in [4.69, 9.17) is 4.74 Å². The number of unbranched alkanes of at least 4 members (excludes halogenated alkanes) is 14. The molecule has 0 saturated heterocycles. The highest BCUT2D eigenvalue weighted by Crippen LogP contribution is 2.14. The Hall–Kier alpha value is -1.02. The first-order valence-electron chi connectivity index (χ1n) is 13.3. The highest BCUT2D eigenvalue weighted by molar-refractivity contribution is 5.27. The first-order valence-corrected chi connectivity index (χ1v) is 13.3. The molecule has 0 bridgehead atoms. The van der Waals surface area contributed by atoms with Gasteiger partial charge in [-0.3, -0.25) is 0 Å². The van der Waals surface area contributed by atoms with E-state index in [1.807, 2.05) is 0 Å². The van der Waals surface area contributed by atoms with Crippen molar-refractivity contribution in [3.05, 3.63) is 29.8 Å². The zero-order valence-corrected chi connectivity index (χ0v) is 20.4. The molecule has 1 N–H and O–H groups in total. The van der Waals surface area contributed by atoms with E-state index in [1.54, 1.807) is 0 Å². The molecule has 0 aromatic heterocycles. The summed E-state index contributed by atoms with van der Waals surface area (Å²) >= 11 is 0. The molecule has 30 heavy (non-hydrogen) atoms. The zero-order chi connectivity index (χ0) is 21.5. The first-order chi connectivity index (χ1) is 14.9. The number of rotatable bonds is 22. The van der Waals surface area contributed by atoms with Crippen LogP contribution in [0.3, 0.4) is 0 Å². The number of benzene rings is 1. The van der Waals surface area contributed by atoms with Crippen LogP contribution in [-0.2, 0) is 6.42 Å². The summed E-state index contributed by atoms with van der Waals surface area (Å²) in [5, 5.41) is 3.60. The van der Waals surface area contributed by atoms with Crippen LogP contribution in [0.4, 0.5) is 0 Å². The molecule has 0 unspecified atom stereocenters. The maximum Gasteiger partial charge on any atom is 0.119 e. The lowest BCUT2D eigenvalue weighted by Crippen LogP contribution is -2.18. The summed E-state index contributed by atoms with van der Waals surface area (Å²) in [4.78, 5) is 0. The van der Waals surface area contributed by atoms with Crippen molar-refractivity contribution in [3.63, 3.8) is 0 Å². The molecular formula is C28H51NO. The fourth-order valence-corrected chi connectivity index (χ4v) is 3.92.